The lowest BCUT2D eigenvalue weighted by Gasteiger charge is -2.04. The van der Waals surface area contributed by atoms with Gasteiger partial charge in [-0.05, 0) is 12.5 Å². The first-order chi connectivity index (χ1) is 6.97. The van der Waals surface area contributed by atoms with Gasteiger partial charge in [0.15, 0.2) is 0 Å². The molecule has 0 aromatic carbocycles. The van der Waals surface area contributed by atoms with Crippen LogP contribution in [0.4, 0.5) is 0 Å². The molecule has 0 unspecified atom stereocenters. The molecule has 0 atom stereocenters. The maximum absolute atomic E-state index is 10.7. The van der Waals surface area contributed by atoms with Crippen LogP contribution < -0.4 is 9.47 Å². The molecule has 1 aromatic heterocycles. The lowest BCUT2D eigenvalue weighted by Crippen LogP contribution is -2.07. The molecule has 0 saturated carbocycles. The van der Waals surface area contributed by atoms with E-state index in [2.05, 4.69) is 4.98 Å². The summed E-state index contributed by atoms with van der Waals surface area (Å²) in [6.45, 7) is 4.33. The fraction of sp³-hybridized carbons (Fsp3) is 0.300. The molecular weight excluding hydrogens is 198 g/mol. The van der Waals surface area contributed by atoms with Crippen LogP contribution in [-0.4, -0.2) is 16.9 Å². The highest BCUT2D eigenvalue weighted by atomic mass is 16.6. The van der Waals surface area contributed by atoms with Crippen LogP contribution in [0.1, 0.15) is 19.4 Å². The number of esters is 2. The number of aryl methyl sites for hydroxylation is 1. The summed E-state index contributed by atoms with van der Waals surface area (Å²) in [7, 11) is 0. The van der Waals surface area contributed by atoms with Crippen molar-refractivity contribution >= 4 is 11.9 Å². The molecule has 15 heavy (non-hydrogen) atoms. The highest BCUT2D eigenvalue weighted by Crippen LogP contribution is 2.17. The molecule has 5 heteroatoms. The topological polar surface area (TPSA) is 65.5 Å². The van der Waals surface area contributed by atoms with Crippen molar-refractivity contribution in [1.29, 1.82) is 0 Å². The van der Waals surface area contributed by atoms with E-state index in [4.69, 9.17) is 9.47 Å². The summed E-state index contributed by atoms with van der Waals surface area (Å²) in [5.41, 5.74) is 0.789. The Morgan fingerprint density at radius 2 is 1.47 bits per heavy atom. The average molecular weight is 209 g/mol. The zero-order chi connectivity index (χ0) is 11.4. The van der Waals surface area contributed by atoms with E-state index < -0.39 is 11.9 Å². The minimum atomic E-state index is -0.470. The average Bonchev–Trinajstić information content (AvgIpc) is 1.98. The van der Waals surface area contributed by atoms with Crippen molar-refractivity contribution in [2.75, 3.05) is 0 Å². The Balaban J connectivity index is 2.94. The summed E-state index contributed by atoms with van der Waals surface area (Å²) in [5.74, 6) is -0.693. The van der Waals surface area contributed by atoms with Gasteiger partial charge in [0.2, 0.25) is 11.8 Å². The Morgan fingerprint density at radius 3 is 1.80 bits per heavy atom. The molecule has 0 aliphatic rings. The van der Waals surface area contributed by atoms with Crippen molar-refractivity contribution in [3.05, 3.63) is 17.7 Å². The van der Waals surface area contributed by atoms with Gasteiger partial charge in [-0.15, -0.1) is 0 Å². The molecule has 5 nitrogen and oxygen atoms in total. The van der Waals surface area contributed by atoms with E-state index in [0.717, 1.165) is 5.56 Å². The highest BCUT2D eigenvalue weighted by Gasteiger charge is 2.06. The summed E-state index contributed by atoms with van der Waals surface area (Å²) in [4.78, 5) is 25.2. The Morgan fingerprint density at radius 1 is 1.07 bits per heavy atom. The van der Waals surface area contributed by atoms with Gasteiger partial charge in [0.05, 0.1) is 0 Å². The van der Waals surface area contributed by atoms with Gasteiger partial charge in [-0.25, -0.2) is 0 Å². The van der Waals surface area contributed by atoms with Crippen LogP contribution in [0.5, 0.6) is 11.8 Å². The van der Waals surface area contributed by atoms with Gasteiger partial charge in [0.1, 0.15) is 0 Å². The molecule has 0 aliphatic carbocycles. The van der Waals surface area contributed by atoms with E-state index in [0.29, 0.717) is 0 Å². The smallest absolute Gasteiger partial charge is 0.309 e. The second-order valence-corrected chi connectivity index (χ2v) is 3.01. The van der Waals surface area contributed by atoms with Crippen LogP contribution in [-0.2, 0) is 9.59 Å². The van der Waals surface area contributed by atoms with Crippen molar-refractivity contribution in [2.45, 2.75) is 20.8 Å². The summed E-state index contributed by atoms with van der Waals surface area (Å²) >= 11 is 0. The molecule has 1 heterocycles. The van der Waals surface area contributed by atoms with Gasteiger partial charge >= 0.3 is 11.9 Å². The lowest BCUT2D eigenvalue weighted by molar-refractivity contribution is -0.132. The van der Waals surface area contributed by atoms with Crippen LogP contribution in [0, 0.1) is 6.92 Å². The third-order valence-corrected chi connectivity index (χ3v) is 1.42. The number of carbonyl (C=O) groups is 2. The molecular formula is C10H11NO4. The molecule has 0 aliphatic heterocycles. The van der Waals surface area contributed by atoms with Crippen molar-refractivity contribution in [2.24, 2.45) is 0 Å². The largest absolute Gasteiger partial charge is 0.408 e. The first-order valence-corrected chi connectivity index (χ1v) is 4.33. The summed E-state index contributed by atoms with van der Waals surface area (Å²) < 4.78 is 9.55. The zero-order valence-corrected chi connectivity index (χ0v) is 8.73. The van der Waals surface area contributed by atoms with E-state index >= 15 is 0 Å². The summed E-state index contributed by atoms with van der Waals surface area (Å²) in [5, 5.41) is 0. The second-order valence-electron chi connectivity index (χ2n) is 3.01. The number of pyridine rings is 1. The van der Waals surface area contributed by atoms with Crippen LogP contribution in [0.2, 0.25) is 0 Å². The lowest BCUT2D eigenvalue weighted by atomic mass is 10.3. The minimum Gasteiger partial charge on any atom is -0.408 e. The molecule has 0 bridgehead atoms. The molecule has 1 aromatic rings. The highest BCUT2D eigenvalue weighted by molar-refractivity contribution is 5.70. The number of nitrogens with zero attached hydrogens (tertiary/aromatic N) is 1. The van der Waals surface area contributed by atoms with Crippen molar-refractivity contribution in [3.8, 4) is 11.8 Å². The van der Waals surface area contributed by atoms with Gasteiger partial charge in [0, 0.05) is 26.0 Å². The molecule has 0 spiro atoms. The Bertz CT molecular complexity index is 366. The third kappa shape index (κ3) is 3.76. The number of aromatic nitrogens is 1. The van der Waals surface area contributed by atoms with Gasteiger partial charge in [-0.1, -0.05) is 0 Å². The monoisotopic (exact) mass is 209 g/mol. The molecule has 0 saturated heterocycles. The number of hydrogen-bond acceptors (Lipinski definition) is 5. The summed E-state index contributed by atoms with van der Waals surface area (Å²) in [6, 6.07) is 3.16. The standard InChI is InChI=1S/C10H11NO4/c1-6-4-9(14-7(2)12)11-10(5-6)15-8(3)13/h4-5H,1-3H3. The van der Waals surface area contributed by atoms with E-state index in [1.165, 1.54) is 13.8 Å². The van der Waals surface area contributed by atoms with E-state index in [9.17, 15) is 9.59 Å². The van der Waals surface area contributed by atoms with Gasteiger partial charge < -0.3 is 9.47 Å². The SMILES string of the molecule is CC(=O)Oc1cc(C)cc(OC(C)=O)n1. The molecule has 1 rings (SSSR count). The molecule has 0 fully saturated rings. The van der Waals surface area contributed by atoms with Gasteiger partial charge in [-0.2, -0.15) is 4.98 Å². The Kier molecular flexibility index (Phi) is 3.38. The first-order valence-electron chi connectivity index (χ1n) is 4.33. The predicted molar refractivity (Wildman–Crippen MR) is 51.6 cm³/mol. The minimum absolute atomic E-state index is 0.124. The predicted octanol–water partition coefficient (Wildman–Crippen LogP) is 1.24. The maximum Gasteiger partial charge on any atom is 0.309 e. The third-order valence-electron chi connectivity index (χ3n) is 1.42. The summed E-state index contributed by atoms with van der Waals surface area (Å²) in [6.07, 6.45) is 0. The van der Waals surface area contributed by atoms with Crippen LogP contribution in [0.15, 0.2) is 12.1 Å². The Hall–Kier alpha value is -1.91. The maximum atomic E-state index is 10.7. The quantitative estimate of drug-likeness (QED) is 0.685. The van der Waals surface area contributed by atoms with Crippen molar-refractivity contribution < 1.29 is 19.1 Å². The van der Waals surface area contributed by atoms with Gasteiger partial charge in [-0.3, -0.25) is 9.59 Å². The van der Waals surface area contributed by atoms with E-state index in [1.807, 2.05) is 0 Å². The van der Waals surface area contributed by atoms with Crippen LogP contribution >= 0.6 is 0 Å². The van der Waals surface area contributed by atoms with Crippen LogP contribution in [0.25, 0.3) is 0 Å². The second kappa shape index (κ2) is 4.54. The van der Waals surface area contributed by atoms with Gasteiger partial charge in [0.25, 0.3) is 0 Å². The number of carbonyl (C=O) groups excluding carboxylic acids is 2. The van der Waals surface area contributed by atoms with Crippen LogP contribution in [0.3, 0.4) is 0 Å². The molecule has 0 radical (unpaired) electrons. The number of ether oxygens (including phenoxy) is 2. The Labute approximate surface area is 87.0 Å². The van der Waals surface area contributed by atoms with Crippen molar-refractivity contribution in [3.63, 3.8) is 0 Å². The molecule has 0 N–H and O–H groups in total. The normalized spacial score (nSPS) is 9.53. The van der Waals surface area contributed by atoms with E-state index in [-0.39, 0.29) is 11.8 Å². The fourth-order valence-electron chi connectivity index (χ4n) is 1.00. The number of hydrogen-bond donors (Lipinski definition) is 0. The molecule has 0 amide bonds. The van der Waals surface area contributed by atoms with Crippen molar-refractivity contribution in [1.82, 2.24) is 4.98 Å². The zero-order valence-electron chi connectivity index (χ0n) is 8.73. The first kappa shape index (κ1) is 11.2. The number of rotatable bonds is 2. The fourth-order valence-corrected chi connectivity index (χ4v) is 1.00. The van der Waals surface area contributed by atoms with E-state index in [1.54, 1.807) is 19.1 Å². The molecule has 80 valence electrons.